The van der Waals surface area contributed by atoms with Gasteiger partial charge in [-0.3, -0.25) is 0 Å². The maximum Gasteiger partial charge on any atom is 0.108 e. The van der Waals surface area contributed by atoms with Gasteiger partial charge in [0.2, 0.25) is 0 Å². The third kappa shape index (κ3) is 4.31. The quantitative estimate of drug-likeness (QED) is 0.313. The maximum atomic E-state index is 8.89. The molecule has 0 aliphatic heterocycles. The highest BCUT2D eigenvalue weighted by molar-refractivity contribution is 6.02. The second-order valence-corrected chi connectivity index (χ2v) is 6.60. The molecule has 0 radical (unpaired) electrons. The number of benzene rings is 4. The Labute approximate surface area is 170 Å². The molecule has 2 nitrogen and oxygen atoms in total. The van der Waals surface area contributed by atoms with Crippen molar-refractivity contribution in [3.8, 4) is 23.7 Å². The van der Waals surface area contributed by atoms with Gasteiger partial charge in [0, 0.05) is 11.1 Å². The van der Waals surface area contributed by atoms with Crippen LogP contribution in [0.3, 0.4) is 0 Å². The first-order valence-corrected chi connectivity index (χ1v) is 9.51. The molecule has 29 heavy (non-hydrogen) atoms. The van der Waals surface area contributed by atoms with Crippen LogP contribution in [0.15, 0.2) is 78.9 Å². The molecule has 4 rings (SSSR count). The van der Waals surface area contributed by atoms with Gasteiger partial charge in [-0.2, -0.15) is 0 Å². The fourth-order valence-electron chi connectivity index (χ4n) is 3.43. The molecule has 0 aliphatic rings. The third-order valence-corrected chi connectivity index (χ3v) is 4.76. The van der Waals surface area contributed by atoms with Crippen LogP contribution in [0.4, 0.5) is 0 Å². The van der Waals surface area contributed by atoms with Crippen LogP contribution in [0.25, 0.3) is 21.5 Å². The Bertz CT molecular complexity index is 1230. The van der Waals surface area contributed by atoms with Crippen LogP contribution < -0.4 is 0 Å². The average Bonchev–Trinajstić information content (AvgIpc) is 2.77. The first-order valence-electron chi connectivity index (χ1n) is 9.51. The van der Waals surface area contributed by atoms with Crippen LogP contribution in [0.5, 0.6) is 0 Å². The molecule has 1 N–H and O–H groups in total. The molecule has 0 bridgehead atoms. The van der Waals surface area contributed by atoms with Crippen molar-refractivity contribution in [2.45, 2.75) is 6.61 Å². The SMILES string of the molecule is OCC#Cc1ccccc1C#CCOCc1c2ccccc2cc2ccccc12. The summed E-state index contributed by atoms with van der Waals surface area (Å²) in [5.41, 5.74) is 2.84. The van der Waals surface area contributed by atoms with Gasteiger partial charge < -0.3 is 9.84 Å². The molecule has 0 aromatic heterocycles. The van der Waals surface area contributed by atoms with Crippen molar-refractivity contribution >= 4 is 21.5 Å². The van der Waals surface area contributed by atoms with Gasteiger partial charge in [0.1, 0.15) is 13.2 Å². The molecule has 4 aromatic carbocycles. The normalized spacial score (nSPS) is 10.2. The molecular formula is C27H20O2. The lowest BCUT2D eigenvalue weighted by molar-refractivity contribution is 0.155. The smallest absolute Gasteiger partial charge is 0.108 e. The largest absolute Gasteiger partial charge is 0.384 e. The summed E-state index contributed by atoms with van der Waals surface area (Å²) in [6, 6.07) is 26.7. The van der Waals surface area contributed by atoms with E-state index in [1.54, 1.807) is 0 Å². The van der Waals surface area contributed by atoms with E-state index in [4.69, 9.17) is 9.84 Å². The lowest BCUT2D eigenvalue weighted by Gasteiger charge is -2.11. The molecule has 0 fully saturated rings. The fraction of sp³-hybridized carbons (Fsp3) is 0.111. The van der Waals surface area contributed by atoms with Crippen LogP contribution in [0.2, 0.25) is 0 Å². The number of hydrogen-bond acceptors (Lipinski definition) is 2. The van der Waals surface area contributed by atoms with E-state index in [0.717, 1.165) is 11.1 Å². The van der Waals surface area contributed by atoms with Crippen molar-refractivity contribution in [1.29, 1.82) is 0 Å². The second-order valence-electron chi connectivity index (χ2n) is 6.60. The highest BCUT2D eigenvalue weighted by Gasteiger charge is 2.07. The molecular weight excluding hydrogens is 356 g/mol. The molecule has 0 spiro atoms. The first kappa shape index (κ1) is 18.8. The van der Waals surface area contributed by atoms with E-state index in [-0.39, 0.29) is 6.61 Å². The summed E-state index contributed by atoms with van der Waals surface area (Å²) in [6.07, 6.45) is 0. The van der Waals surface area contributed by atoms with E-state index in [1.807, 2.05) is 24.3 Å². The monoisotopic (exact) mass is 376 g/mol. The lowest BCUT2D eigenvalue weighted by Crippen LogP contribution is -1.96. The van der Waals surface area contributed by atoms with Crippen molar-refractivity contribution < 1.29 is 9.84 Å². The van der Waals surface area contributed by atoms with Gasteiger partial charge in [0.15, 0.2) is 0 Å². The Morgan fingerprint density at radius 2 is 1.24 bits per heavy atom. The van der Waals surface area contributed by atoms with E-state index in [2.05, 4.69) is 78.3 Å². The Morgan fingerprint density at radius 1 is 0.690 bits per heavy atom. The summed E-state index contributed by atoms with van der Waals surface area (Å²) >= 11 is 0. The number of rotatable bonds is 3. The minimum Gasteiger partial charge on any atom is -0.384 e. The van der Waals surface area contributed by atoms with Crippen molar-refractivity contribution in [1.82, 2.24) is 0 Å². The molecule has 0 saturated heterocycles. The van der Waals surface area contributed by atoms with Crippen LogP contribution in [-0.4, -0.2) is 18.3 Å². The molecule has 140 valence electrons. The molecule has 0 saturated carbocycles. The number of ether oxygens (including phenoxy) is 1. The van der Waals surface area contributed by atoms with E-state index in [9.17, 15) is 0 Å². The lowest BCUT2D eigenvalue weighted by atomic mass is 9.97. The Hall–Kier alpha value is -3.56. The Kier molecular flexibility index (Phi) is 5.89. The zero-order chi connectivity index (χ0) is 19.9. The number of hydrogen-bond donors (Lipinski definition) is 1. The van der Waals surface area contributed by atoms with Crippen LogP contribution in [0.1, 0.15) is 16.7 Å². The average molecular weight is 376 g/mol. The van der Waals surface area contributed by atoms with E-state index < -0.39 is 0 Å². The zero-order valence-corrected chi connectivity index (χ0v) is 16.0. The summed E-state index contributed by atoms with van der Waals surface area (Å²) in [7, 11) is 0. The highest BCUT2D eigenvalue weighted by atomic mass is 16.5. The van der Waals surface area contributed by atoms with E-state index in [0.29, 0.717) is 13.2 Å². The summed E-state index contributed by atoms with van der Waals surface area (Å²) < 4.78 is 5.93. The third-order valence-electron chi connectivity index (χ3n) is 4.76. The molecule has 0 aliphatic carbocycles. The standard InChI is InChI=1S/C27H20O2/c28-17-7-13-21-9-1-2-10-22(21)14-8-18-29-20-27-25-15-5-3-11-23(25)19-24-12-4-6-16-26(24)27/h1-6,9-12,15-16,19,28H,17-18,20H2. The zero-order valence-electron chi connectivity index (χ0n) is 16.0. The van der Waals surface area contributed by atoms with Gasteiger partial charge in [-0.1, -0.05) is 84.3 Å². The van der Waals surface area contributed by atoms with Gasteiger partial charge in [-0.25, -0.2) is 0 Å². The molecule has 0 amide bonds. The minimum atomic E-state index is -0.163. The molecule has 0 atom stereocenters. The van der Waals surface area contributed by atoms with Gasteiger partial charge in [0.05, 0.1) is 6.61 Å². The van der Waals surface area contributed by atoms with Crippen molar-refractivity contribution in [3.63, 3.8) is 0 Å². The maximum absolute atomic E-state index is 8.89. The Balaban J connectivity index is 1.54. The minimum absolute atomic E-state index is 0.163. The Morgan fingerprint density at radius 3 is 1.86 bits per heavy atom. The summed E-state index contributed by atoms with van der Waals surface area (Å²) in [5.74, 6) is 11.8. The first-order chi connectivity index (χ1) is 14.4. The number of fused-ring (bicyclic) bond motifs is 2. The molecule has 2 heteroatoms. The molecule has 0 unspecified atom stereocenters. The van der Waals surface area contributed by atoms with Gasteiger partial charge in [-0.05, 0) is 45.3 Å². The fourth-order valence-corrected chi connectivity index (χ4v) is 3.43. The summed E-state index contributed by atoms with van der Waals surface area (Å²) in [4.78, 5) is 0. The van der Waals surface area contributed by atoms with Crippen LogP contribution in [-0.2, 0) is 11.3 Å². The predicted octanol–water partition coefficient (Wildman–Crippen LogP) is 4.91. The second kappa shape index (κ2) is 9.09. The van der Waals surface area contributed by atoms with Crippen LogP contribution in [0, 0.1) is 23.7 Å². The van der Waals surface area contributed by atoms with Gasteiger partial charge >= 0.3 is 0 Å². The van der Waals surface area contributed by atoms with Crippen molar-refractivity contribution in [3.05, 3.63) is 95.6 Å². The predicted molar refractivity (Wildman–Crippen MR) is 118 cm³/mol. The highest BCUT2D eigenvalue weighted by Crippen LogP contribution is 2.28. The van der Waals surface area contributed by atoms with Crippen LogP contribution >= 0.6 is 0 Å². The molecule has 4 aromatic rings. The molecule has 0 heterocycles. The van der Waals surface area contributed by atoms with Crippen molar-refractivity contribution in [2.75, 3.05) is 13.2 Å². The van der Waals surface area contributed by atoms with E-state index >= 15 is 0 Å². The van der Waals surface area contributed by atoms with Gasteiger partial charge in [0.25, 0.3) is 0 Å². The summed E-state index contributed by atoms with van der Waals surface area (Å²) in [6.45, 7) is 0.672. The van der Waals surface area contributed by atoms with Crippen molar-refractivity contribution in [2.24, 2.45) is 0 Å². The van der Waals surface area contributed by atoms with Gasteiger partial charge in [-0.15, -0.1) is 0 Å². The number of aliphatic hydroxyl groups excluding tert-OH is 1. The van der Waals surface area contributed by atoms with E-state index in [1.165, 1.54) is 27.1 Å². The number of aliphatic hydroxyl groups is 1. The summed E-state index contributed by atoms with van der Waals surface area (Å²) in [5, 5.41) is 13.7. The topological polar surface area (TPSA) is 29.5 Å².